The molecule has 8 nitrogen and oxygen atoms in total. The van der Waals surface area contributed by atoms with Gasteiger partial charge in [-0.2, -0.15) is 0 Å². The highest BCUT2D eigenvalue weighted by Gasteiger charge is 2.41. The number of nitrogens with zero attached hydrogens (tertiary/aromatic N) is 5. The Kier molecular flexibility index (Phi) is 2.60. The van der Waals surface area contributed by atoms with E-state index in [4.69, 9.17) is 0 Å². The Hall–Kier alpha value is -2.38. The van der Waals surface area contributed by atoms with E-state index in [0.29, 0.717) is 23.6 Å². The van der Waals surface area contributed by atoms with E-state index >= 15 is 0 Å². The maximum Gasteiger partial charge on any atom is 0.332 e. The van der Waals surface area contributed by atoms with Crippen LogP contribution in [0.15, 0.2) is 15.9 Å². The first-order chi connectivity index (χ1) is 10.5. The van der Waals surface area contributed by atoms with E-state index in [1.165, 1.54) is 17.9 Å². The van der Waals surface area contributed by atoms with Crippen LogP contribution < -0.4 is 11.2 Å². The summed E-state index contributed by atoms with van der Waals surface area (Å²) in [5, 5.41) is 0. The van der Waals surface area contributed by atoms with E-state index in [0.717, 1.165) is 24.0 Å². The monoisotopic (exact) mass is 303 g/mol. The summed E-state index contributed by atoms with van der Waals surface area (Å²) in [6, 6.07) is -0.0183. The largest absolute Gasteiger partial charge is 0.338 e. The third-order valence-electron chi connectivity index (χ3n) is 4.71. The van der Waals surface area contributed by atoms with Gasteiger partial charge in [0.15, 0.2) is 11.2 Å². The summed E-state index contributed by atoms with van der Waals surface area (Å²) in [5.41, 5.74) is -0.181. The molecule has 1 aliphatic heterocycles. The Morgan fingerprint density at radius 3 is 2.50 bits per heavy atom. The number of fused-ring (bicyclic) bond motifs is 1. The van der Waals surface area contributed by atoms with Crippen LogP contribution in [-0.4, -0.2) is 42.1 Å². The van der Waals surface area contributed by atoms with Gasteiger partial charge < -0.3 is 9.47 Å². The SMILES string of the molecule is Cn1c(=O)c2c(ncn2[C@H]2CCN(C3CC3)C2=O)n(C)c1=O. The van der Waals surface area contributed by atoms with Crippen molar-refractivity contribution in [3.8, 4) is 0 Å². The molecule has 1 aliphatic carbocycles. The lowest BCUT2D eigenvalue weighted by molar-refractivity contribution is -0.130. The van der Waals surface area contributed by atoms with Gasteiger partial charge in [0.1, 0.15) is 6.04 Å². The average Bonchev–Trinajstić information content (AvgIpc) is 3.14. The number of imidazole rings is 1. The predicted octanol–water partition coefficient (Wildman–Crippen LogP) is -0.630. The summed E-state index contributed by atoms with van der Waals surface area (Å²) in [6.07, 6.45) is 4.32. The second kappa shape index (κ2) is 4.31. The van der Waals surface area contributed by atoms with Crippen LogP contribution in [-0.2, 0) is 18.9 Å². The summed E-state index contributed by atoms with van der Waals surface area (Å²) in [5.74, 6) is 0.0534. The van der Waals surface area contributed by atoms with Crippen molar-refractivity contribution in [3.63, 3.8) is 0 Å². The lowest BCUT2D eigenvalue weighted by Crippen LogP contribution is -2.38. The lowest BCUT2D eigenvalue weighted by atomic mass is 10.2. The van der Waals surface area contributed by atoms with Gasteiger partial charge in [-0.25, -0.2) is 9.78 Å². The summed E-state index contributed by atoms with van der Waals surface area (Å²) in [6.45, 7) is 0.722. The zero-order chi connectivity index (χ0) is 15.6. The number of aromatic nitrogens is 4. The molecule has 3 heterocycles. The zero-order valence-corrected chi connectivity index (χ0v) is 12.5. The number of rotatable bonds is 2. The smallest absolute Gasteiger partial charge is 0.332 e. The molecule has 116 valence electrons. The van der Waals surface area contributed by atoms with Crippen molar-refractivity contribution in [2.24, 2.45) is 14.1 Å². The fourth-order valence-electron chi connectivity index (χ4n) is 3.29. The van der Waals surface area contributed by atoms with Crippen molar-refractivity contribution in [1.29, 1.82) is 0 Å². The molecule has 0 bridgehead atoms. The third kappa shape index (κ3) is 1.63. The standard InChI is InChI=1S/C14H17N5O3/c1-16-11-10(13(21)17(2)14(16)22)19(7-15-11)9-5-6-18(12(9)20)8-3-4-8/h7-9H,3-6H2,1-2H3/t9-/m0/s1. The second-order valence-electron chi connectivity index (χ2n) is 6.10. The van der Waals surface area contributed by atoms with E-state index < -0.39 is 17.3 Å². The Balaban J connectivity index is 1.88. The number of carbonyl (C=O) groups excluding carboxylic acids is 1. The molecular formula is C14H17N5O3. The molecule has 0 N–H and O–H groups in total. The van der Waals surface area contributed by atoms with Crippen molar-refractivity contribution in [1.82, 2.24) is 23.6 Å². The fraction of sp³-hybridized carbons (Fsp3) is 0.571. The minimum atomic E-state index is -0.417. The second-order valence-corrected chi connectivity index (χ2v) is 6.10. The van der Waals surface area contributed by atoms with Crippen LogP contribution in [0.25, 0.3) is 11.2 Å². The van der Waals surface area contributed by atoms with Crippen LogP contribution in [0.1, 0.15) is 25.3 Å². The normalized spacial score (nSPS) is 22.0. The maximum absolute atomic E-state index is 12.6. The Morgan fingerprint density at radius 2 is 1.82 bits per heavy atom. The molecule has 0 spiro atoms. The van der Waals surface area contributed by atoms with Gasteiger partial charge in [0.25, 0.3) is 5.56 Å². The number of amides is 1. The molecular weight excluding hydrogens is 286 g/mol. The Bertz CT molecular complexity index is 902. The van der Waals surface area contributed by atoms with E-state index in [1.807, 2.05) is 4.90 Å². The highest BCUT2D eigenvalue weighted by Crippen LogP contribution is 2.35. The Morgan fingerprint density at radius 1 is 1.09 bits per heavy atom. The summed E-state index contributed by atoms with van der Waals surface area (Å²) in [4.78, 5) is 43.1. The summed E-state index contributed by atoms with van der Waals surface area (Å²) >= 11 is 0. The number of hydrogen-bond acceptors (Lipinski definition) is 4. The summed E-state index contributed by atoms with van der Waals surface area (Å²) < 4.78 is 4.03. The van der Waals surface area contributed by atoms with Gasteiger partial charge in [0.05, 0.1) is 6.33 Å². The molecule has 2 fully saturated rings. The number of hydrogen-bond donors (Lipinski definition) is 0. The minimum Gasteiger partial charge on any atom is -0.338 e. The number of aryl methyl sites for hydroxylation is 1. The van der Waals surface area contributed by atoms with Crippen LogP contribution in [0, 0.1) is 0 Å². The molecule has 22 heavy (non-hydrogen) atoms. The van der Waals surface area contributed by atoms with E-state index in [9.17, 15) is 14.4 Å². The van der Waals surface area contributed by atoms with Crippen molar-refractivity contribution in [3.05, 3.63) is 27.2 Å². The predicted molar refractivity (Wildman–Crippen MR) is 78.6 cm³/mol. The first-order valence-electron chi connectivity index (χ1n) is 7.43. The van der Waals surface area contributed by atoms with Gasteiger partial charge in [0.2, 0.25) is 5.91 Å². The van der Waals surface area contributed by atoms with Crippen molar-refractivity contribution in [2.75, 3.05) is 6.54 Å². The van der Waals surface area contributed by atoms with Crippen molar-refractivity contribution >= 4 is 17.1 Å². The highest BCUT2D eigenvalue weighted by molar-refractivity contribution is 5.85. The van der Waals surface area contributed by atoms with Crippen LogP contribution >= 0.6 is 0 Å². The molecule has 1 saturated heterocycles. The van der Waals surface area contributed by atoms with Crippen LogP contribution in [0.3, 0.4) is 0 Å². The number of carbonyl (C=O) groups is 1. The molecule has 0 radical (unpaired) electrons. The molecule has 1 amide bonds. The van der Waals surface area contributed by atoms with Gasteiger partial charge in [-0.15, -0.1) is 0 Å². The first-order valence-corrected chi connectivity index (χ1v) is 7.43. The quantitative estimate of drug-likeness (QED) is 0.739. The topological polar surface area (TPSA) is 82.1 Å². The molecule has 2 aliphatic rings. The van der Waals surface area contributed by atoms with Gasteiger partial charge in [0, 0.05) is 26.7 Å². The van der Waals surface area contributed by atoms with E-state index in [-0.39, 0.29) is 5.91 Å². The molecule has 0 unspecified atom stereocenters. The lowest BCUT2D eigenvalue weighted by Gasteiger charge is -2.16. The van der Waals surface area contributed by atoms with Crippen LogP contribution in [0.2, 0.25) is 0 Å². The molecule has 2 aromatic rings. The van der Waals surface area contributed by atoms with E-state index in [2.05, 4.69) is 4.98 Å². The summed E-state index contributed by atoms with van der Waals surface area (Å²) in [7, 11) is 3.02. The zero-order valence-electron chi connectivity index (χ0n) is 12.5. The molecule has 2 aromatic heterocycles. The number of likely N-dealkylation sites (tertiary alicyclic amines) is 1. The molecule has 4 rings (SSSR count). The third-order valence-corrected chi connectivity index (χ3v) is 4.71. The molecule has 8 heteroatoms. The fourth-order valence-corrected chi connectivity index (χ4v) is 3.29. The van der Waals surface area contributed by atoms with Gasteiger partial charge >= 0.3 is 5.69 Å². The highest BCUT2D eigenvalue weighted by atomic mass is 16.2. The van der Waals surface area contributed by atoms with Crippen molar-refractivity contribution < 1.29 is 4.79 Å². The molecule has 1 saturated carbocycles. The Labute approximate surface area is 125 Å². The maximum atomic E-state index is 12.6. The first kappa shape index (κ1) is 13.3. The van der Waals surface area contributed by atoms with Crippen LogP contribution in [0.4, 0.5) is 0 Å². The van der Waals surface area contributed by atoms with Crippen molar-refractivity contribution in [2.45, 2.75) is 31.3 Å². The minimum absolute atomic E-state index is 0.0534. The average molecular weight is 303 g/mol. The van der Waals surface area contributed by atoms with Gasteiger partial charge in [-0.05, 0) is 19.3 Å². The molecule has 0 aromatic carbocycles. The van der Waals surface area contributed by atoms with Gasteiger partial charge in [-0.1, -0.05) is 0 Å². The van der Waals surface area contributed by atoms with Crippen LogP contribution in [0.5, 0.6) is 0 Å². The van der Waals surface area contributed by atoms with E-state index in [1.54, 1.807) is 11.6 Å². The molecule has 1 atom stereocenters. The van der Waals surface area contributed by atoms with Gasteiger partial charge in [-0.3, -0.25) is 18.7 Å².